The fourth-order valence-electron chi connectivity index (χ4n) is 5.27. The number of methoxy groups -OCH3 is 1. The van der Waals surface area contributed by atoms with Gasteiger partial charge in [-0.05, 0) is 0 Å². The van der Waals surface area contributed by atoms with E-state index in [9.17, 15) is 4.79 Å². The van der Waals surface area contributed by atoms with Crippen molar-refractivity contribution in [1.29, 1.82) is 0 Å². The van der Waals surface area contributed by atoms with Gasteiger partial charge in [-0.2, -0.15) is 0 Å². The Bertz CT molecular complexity index is 1170. The number of hydrogen-bond donors (Lipinski definition) is 1. The van der Waals surface area contributed by atoms with Gasteiger partial charge in [-0.25, -0.2) is 0 Å². The summed E-state index contributed by atoms with van der Waals surface area (Å²) in [5.74, 6) is 0.965. The molecule has 4 heteroatoms. The van der Waals surface area contributed by atoms with Gasteiger partial charge in [0.05, 0.1) is 0 Å². The van der Waals surface area contributed by atoms with E-state index >= 15 is 0 Å². The number of fused-ring (bicyclic) bond motifs is 1. The zero-order valence-corrected chi connectivity index (χ0v) is 22.3. The van der Waals surface area contributed by atoms with Gasteiger partial charge < -0.3 is 0 Å². The van der Waals surface area contributed by atoms with E-state index in [1.807, 2.05) is 0 Å². The number of carbonyl (C=O) groups is 1. The molecule has 1 aliphatic rings. The Morgan fingerprint density at radius 2 is 1.21 bits per heavy atom. The van der Waals surface area contributed by atoms with E-state index < -0.39 is 18.4 Å². The molecule has 0 radical (unpaired) electrons. The van der Waals surface area contributed by atoms with E-state index in [-0.39, 0.29) is 5.91 Å². The number of rotatable bonds is 8. The first kappa shape index (κ1) is 22.7. The van der Waals surface area contributed by atoms with E-state index in [2.05, 4.69) is 108 Å². The van der Waals surface area contributed by atoms with Crippen LogP contribution in [0.4, 0.5) is 0 Å². The molecule has 5 rings (SSSR count). The summed E-state index contributed by atoms with van der Waals surface area (Å²) < 4.78 is 10.4. The average molecular weight is 554 g/mol. The third kappa shape index (κ3) is 4.76. The quantitative estimate of drug-likeness (QED) is 0.314. The van der Waals surface area contributed by atoms with Crippen LogP contribution >= 0.6 is 0 Å². The fourth-order valence-corrected chi connectivity index (χ4v) is 20.0. The minimum atomic E-state index is -3.37. The molecule has 34 heavy (non-hydrogen) atoms. The average Bonchev–Trinajstić information content (AvgIpc) is 3.24. The Labute approximate surface area is 205 Å². The molecule has 170 valence electrons. The normalized spacial score (nSPS) is 12.8. The van der Waals surface area contributed by atoms with Crippen LogP contribution in [-0.2, 0) is 19.9 Å². The molecule has 0 aromatic heterocycles. The molecule has 0 unspecified atom stereocenters. The number of nitrogens with one attached hydrogen (secondary N) is 1. The number of carbonyl (C=O) groups excluding carboxylic acids is 1. The second kappa shape index (κ2) is 10.1. The molecule has 0 spiro atoms. The van der Waals surface area contributed by atoms with Gasteiger partial charge in [-0.1, -0.05) is 0 Å². The van der Waals surface area contributed by atoms with Gasteiger partial charge in [0.25, 0.3) is 0 Å². The molecule has 1 N–H and O–H groups in total. The minimum absolute atomic E-state index is 0.0261. The zero-order valence-electron chi connectivity index (χ0n) is 19.5. The van der Waals surface area contributed by atoms with E-state index in [1.165, 1.54) is 20.3 Å². The van der Waals surface area contributed by atoms with Crippen molar-refractivity contribution in [3.05, 3.63) is 131 Å². The van der Waals surface area contributed by atoms with E-state index in [4.69, 9.17) is 4.74 Å². The summed E-state index contributed by atoms with van der Waals surface area (Å²) in [7, 11) is 1.76. The first-order valence-electron chi connectivity index (χ1n) is 11.8. The Hall–Kier alpha value is -3.05. The zero-order chi connectivity index (χ0) is 23.4. The SMILES string of the molecule is COc1cc2c(c[c]1[Sn]([CH2]c1ccccc1)([CH2]c1ccccc1)[CH2]c1ccccc1)C(=O)NC2. The Morgan fingerprint density at radius 3 is 1.65 bits per heavy atom. The van der Waals surface area contributed by atoms with Crippen molar-refractivity contribution < 1.29 is 9.53 Å². The Kier molecular flexibility index (Phi) is 6.72. The molecule has 1 aliphatic heterocycles. The van der Waals surface area contributed by atoms with Gasteiger partial charge in [0.2, 0.25) is 0 Å². The van der Waals surface area contributed by atoms with Gasteiger partial charge in [-0.3, -0.25) is 0 Å². The van der Waals surface area contributed by atoms with Gasteiger partial charge in [0.1, 0.15) is 0 Å². The monoisotopic (exact) mass is 555 g/mol. The maximum atomic E-state index is 12.7. The molecule has 1 amide bonds. The molecular weight excluding hydrogens is 525 g/mol. The van der Waals surface area contributed by atoms with Crippen LogP contribution in [0, 0.1) is 0 Å². The molecule has 4 aromatic rings. The molecule has 0 saturated carbocycles. The molecule has 3 nitrogen and oxygen atoms in total. The van der Waals surface area contributed by atoms with E-state index in [0.29, 0.717) is 6.54 Å². The van der Waals surface area contributed by atoms with Crippen LogP contribution in [0.5, 0.6) is 5.75 Å². The second-order valence-corrected chi connectivity index (χ2v) is 21.0. The van der Waals surface area contributed by atoms with Gasteiger partial charge in [0, 0.05) is 0 Å². The van der Waals surface area contributed by atoms with Gasteiger partial charge in [-0.15, -0.1) is 0 Å². The topological polar surface area (TPSA) is 38.3 Å². The van der Waals surface area contributed by atoms with Crippen LogP contribution in [0.1, 0.15) is 32.6 Å². The summed E-state index contributed by atoms with van der Waals surface area (Å²) in [6.07, 6.45) is 0. The van der Waals surface area contributed by atoms with Crippen molar-refractivity contribution in [3.8, 4) is 5.75 Å². The van der Waals surface area contributed by atoms with Gasteiger partial charge >= 0.3 is 206 Å². The summed E-state index contributed by atoms with van der Waals surface area (Å²) in [6, 6.07) is 36.8. The van der Waals surface area contributed by atoms with Crippen LogP contribution in [0.3, 0.4) is 0 Å². The molecule has 4 aromatic carbocycles. The predicted octanol–water partition coefficient (Wildman–Crippen LogP) is 4.94. The molecule has 0 bridgehead atoms. The van der Waals surface area contributed by atoms with Crippen molar-refractivity contribution >= 4 is 27.9 Å². The van der Waals surface area contributed by atoms with Crippen LogP contribution < -0.4 is 13.6 Å². The predicted molar refractivity (Wildman–Crippen MR) is 140 cm³/mol. The van der Waals surface area contributed by atoms with Crippen molar-refractivity contribution in [3.63, 3.8) is 0 Å². The third-order valence-electron chi connectivity index (χ3n) is 6.84. The Morgan fingerprint density at radius 1 is 0.735 bits per heavy atom. The maximum absolute atomic E-state index is 12.7. The number of hydrogen-bond acceptors (Lipinski definition) is 2. The van der Waals surface area contributed by atoms with E-state index in [1.54, 1.807) is 7.11 Å². The molecule has 0 atom stereocenters. The Balaban J connectivity index is 1.73. The molecule has 0 fully saturated rings. The summed E-state index contributed by atoms with van der Waals surface area (Å²) in [5, 5.41) is 2.99. The summed E-state index contributed by atoms with van der Waals surface area (Å²) in [4.78, 5) is 12.7. The first-order valence-corrected chi connectivity index (χ1v) is 19.3. The standard InChI is InChI=1S/C9H8NO2.3C7H7.Sn/c1-12-7-2-3-8-6(4-7)5-10-9(8)11;3*1-7-5-3-2-4-6-7;/h3-4H,5H2,1H3,(H,10,11);3*2-6H,1H2;. The number of amides is 1. The van der Waals surface area contributed by atoms with E-state index in [0.717, 1.165) is 30.2 Å². The van der Waals surface area contributed by atoms with Crippen LogP contribution in [0.2, 0.25) is 0 Å². The number of ether oxygens (including phenoxy) is 1. The molecule has 1 heterocycles. The molecule has 0 saturated heterocycles. The first-order chi connectivity index (χ1) is 16.7. The molecular formula is C30H29NO2Sn. The van der Waals surface area contributed by atoms with Crippen LogP contribution in [-0.4, -0.2) is 31.4 Å². The van der Waals surface area contributed by atoms with Crippen LogP contribution in [0.25, 0.3) is 0 Å². The molecule has 0 aliphatic carbocycles. The third-order valence-corrected chi connectivity index (χ3v) is 20.5. The van der Waals surface area contributed by atoms with Crippen LogP contribution in [0.15, 0.2) is 103 Å². The summed E-state index contributed by atoms with van der Waals surface area (Å²) in [5.41, 5.74) is 5.92. The number of benzene rings is 4. The van der Waals surface area contributed by atoms with Crippen molar-refractivity contribution in [2.45, 2.75) is 19.9 Å². The van der Waals surface area contributed by atoms with Crippen molar-refractivity contribution in [1.82, 2.24) is 5.32 Å². The van der Waals surface area contributed by atoms with Crippen molar-refractivity contribution in [2.75, 3.05) is 7.11 Å². The second-order valence-electron chi connectivity index (χ2n) is 9.16. The fraction of sp³-hybridized carbons (Fsp3) is 0.167. The summed E-state index contributed by atoms with van der Waals surface area (Å²) in [6.45, 7) is 0.573. The summed E-state index contributed by atoms with van der Waals surface area (Å²) >= 11 is -3.37. The van der Waals surface area contributed by atoms with Crippen molar-refractivity contribution in [2.24, 2.45) is 0 Å². The van der Waals surface area contributed by atoms with Gasteiger partial charge in [0.15, 0.2) is 0 Å².